The normalized spacial score (nSPS) is 11.9. The minimum Gasteiger partial charge on any atom is -0.477 e. The number of carbonyl (C=O) groups is 1. The van der Waals surface area contributed by atoms with Crippen LogP contribution in [-0.2, 0) is 6.54 Å². The first-order valence-corrected chi connectivity index (χ1v) is 6.09. The van der Waals surface area contributed by atoms with E-state index in [9.17, 15) is 14.9 Å². The number of nitrogens with zero attached hydrogens (tertiary/aromatic N) is 4. The van der Waals surface area contributed by atoms with Crippen LogP contribution < -0.4 is 5.32 Å². The second-order valence-electron chi connectivity index (χ2n) is 4.42. The molecule has 2 rings (SSSR count). The number of carboxylic acid groups (broad SMARTS) is 1. The van der Waals surface area contributed by atoms with Crippen molar-refractivity contribution in [1.29, 1.82) is 0 Å². The minimum absolute atomic E-state index is 0.0829. The first-order chi connectivity index (χ1) is 9.97. The Morgan fingerprint density at radius 2 is 2.38 bits per heavy atom. The molecule has 0 aliphatic rings. The van der Waals surface area contributed by atoms with Crippen LogP contribution >= 0.6 is 0 Å². The molecule has 2 N–H and O–H groups in total. The van der Waals surface area contributed by atoms with Crippen molar-refractivity contribution in [3.8, 4) is 0 Å². The van der Waals surface area contributed by atoms with Crippen LogP contribution in [-0.4, -0.2) is 36.8 Å². The van der Waals surface area contributed by atoms with Crippen LogP contribution in [0.4, 0.5) is 11.5 Å². The number of hydrogen-bond acceptors (Lipinski definition) is 6. The Bertz CT molecular complexity index is 656. The Labute approximate surface area is 119 Å². The highest BCUT2D eigenvalue weighted by atomic mass is 16.6. The number of aromatic nitrogens is 3. The molecule has 0 aliphatic heterocycles. The minimum atomic E-state index is -1.37. The summed E-state index contributed by atoms with van der Waals surface area (Å²) in [5.74, 6) is -1.11. The second-order valence-corrected chi connectivity index (χ2v) is 4.42. The summed E-state index contributed by atoms with van der Waals surface area (Å²) in [4.78, 5) is 24.9. The predicted octanol–water partition coefficient (Wildman–Crippen LogP) is 1.39. The summed E-state index contributed by atoms with van der Waals surface area (Å²) in [6.07, 6.45) is 4.38. The van der Waals surface area contributed by atoms with Crippen LogP contribution in [0.25, 0.3) is 0 Å². The monoisotopic (exact) mass is 291 g/mol. The van der Waals surface area contributed by atoms with Crippen LogP contribution in [0.2, 0.25) is 0 Å². The first kappa shape index (κ1) is 14.4. The zero-order valence-electron chi connectivity index (χ0n) is 11.1. The molecule has 0 bridgehead atoms. The van der Waals surface area contributed by atoms with Gasteiger partial charge in [0.05, 0.1) is 11.5 Å². The molecular weight excluding hydrogens is 278 g/mol. The van der Waals surface area contributed by atoms with Crippen molar-refractivity contribution < 1.29 is 14.8 Å². The van der Waals surface area contributed by atoms with E-state index in [1.165, 1.54) is 0 Å². The van der Waals surface area contributed by atoms with Crippen LogP contribution in [0, 0.1) is 10.1 Å². The SMILES string of the molecule is CC(Cn1cccn1)Nc1cc(C(=O)O)c([N+](=O)[O-])cn1. The molecule has 9 heteroatoms. The van der Waals surface area contributed by atoms with E-state index < -0.39 is 22.1 Å². The molecule has 0 saturated carbocycles. The molecule has 1 unspecified atom stereocenters. The molecule has 0 radical (unpaired) electrons. The molecular formula is C12H13N5O4. The maximum Gasteiger partial charge on any atom is 0.342 e. The fourth-order valence-electron chi connectivity index (χ4n) is 1.83. The molecule has 0 aromatic carbocycles. The Morgan fingerprint density at radius 3 is 2.95 bits per heavy atom. The van der Waals surface area contributed by atoms with E-state index in [1.807, 2.05) is 6.92 Å². The molecule has 21 heavy (non-hydrogen) atoms. The Balaban J connectivity index is 2.15. The Kier molecular flexibility index (Phi) is 4.12. The summed E-state index contributed by atoms with van der Waals surface area (Å²) in [7, 11) is 0. The van der Waals surface area contributed by atoms with E-state index in [0.717, 1.165) is 12.3 Å². The lowest BCUT2D eigenvalue weighted by molar-refractivity contribution is -0.385. The summed E-state index contributed by atoms with van der Waals surface area (Å²) in [5.41, 5.74) is -0.934. The predicted molar refractivity (Wildman–Crippen MR) is 73.2 cm³/mol. The molecule has 0 fully saturated rings. The quantitative estimate of drug-likeness (QED) is 0.608. The molecule has 0 amide bonds. The zero-order chi connectivity index (χ0) is 15.4. The number of anilines is 1. The zero-order valence-corrected chi connectivity index (χ0v) is 11.1. The number of hydrogen-bond donors (Lipinski definition) is 2. The summed E-state index contributed by atoms with van der Waals surface area (Å²) >= 11 is 0. The van der Waals surface area contributed by atoms with Crippen LogP contribution in [0.15, 0.2) is 30.7 Å². The van der Waals surface area contributed by atoms with Gasteiger partial charge in [0.15, 0.2) is 0 Å². The van der Waals surface area contributed by atoms with E-state index in [-0.39, 0.29) is 11.9 Å². The van der Waals surface area contributed by atoms with Gasteiger partial charge in [0.25, 0.3) is 0 Å². The number of aromatic carboxylic acids is 1. The van der Waals surface area contributed by atoms with E-state index in [2.05, 4.69) is 15.4 Å². The maximum absolute atomic E-state index is 11.0. The van der Waals surface area contributed by atoms with Crippen molar-refractivity contribution in [2.75, 3.05) is 5.32 Å². The molecule has 2 heterocycles. The Morgan fingerprint density at radius 1 is 1.62 bits per heavy atom. The van der Waals surface area contributed by atoms with Crippen LogP contribution in [0.3, 0.4) is 0 Å². The van der Waals surface area contributed by atoms with Gasteiger partial charge in [-0.25, -0.2) is 9.78 Å². The van der Waals surface area contributed by atoms with Crippen molar-refractivity contribution in [3.63, 3.8) is 0 Å². The summed E-state index contributed by atoms with van der Waals surface area (Å²) in [5, 5.41) is 26.8. The van der Waals surface area contributed by atoms with E-state index in [1.54, 1.807) is 23.1 Å². The van der Waals surface area contributed by atoms with Crippen molar-refractivity contribution in [2.24, 2.45) is 0 Å². The van der Waals surface area contributed by atoms with Gasteiger partial charge < -0.3 is 10.4 Å². The number of nitrogens with one attached hydrogen (secondary N) is 1. The van der Waals surface area contributed by atoms with Crippen LogP contribution in [0.5, 0.6) is 0 Å². The molecule has 0 spiro atoms. The van der Waals surface area contributed by atoms with Gasteiger partial charge in [-0.15, -0.1) is 0 Å². The van der Waals surface area contributed by atoms with Crippen molar-refractivity contribution in [2.45, 2.75) is 19.5 Å². The number of nitro groups is 1. The highest BCUT2D eigenvalue weighted by molar-refractivity contribution is 5.93. The first-order valence-electron chi connectivity index (χ1n) is 6.09. The fourth-order valence-corrected chi connectivity index (χ4v) is 1.83. The molecule has 1 atom stereocenters. The topological polar surface area (TPSA) is 123 Å². The lowest BCUT2D eigenvalue weighted by atomic mass is 10.2. The maximum atomic E-state index is 11.0. The molecule has 2 aromatic rings. The summed E-state index contributed by atoms with van der Waals surface area (Å²) in [6.45, 7) is 2.42. The van der Waals surface area contributed by atoms with Gasteiger partial charge in [-0.2, -0.15) is 5.10 Å². The summed E-state index contributed by atoms with van der Waals surface area (Å²) < 4.78 is 1.71. The van der Waals surface area contributed by atoms with Gasteiger partial charge in [-0.1, -0.05) is 0 Å². The molecule has 9 nitrogen and oxygen atoms in total. The lowest BCUT2D eigenvalue weighted by Crippen LogP contribution is -2.23. The largest absolute Gasteiger partial charge is 0.477 e. The van der Waals surface area contributed by atoms with E-state index in [0.29, 0.717) is 6.54 Å². The highest BCUT2D eigenvalue weighted by Gasteiger charge is 2.21. The van der Waals surface area contributed by atoms with Gasteiger partial charge in [0.1, 0.15) is 17.6 Å². The fraction of sp³-hybridized carbons (Fsp3) is 0.250. The highest BCUT2D eigenvalue weighted by Crippen LogP contribution is 2.20. The van der Waals surface area contributed by atoms with Crippen LogP contribution in [0.1, 0.15) is 17.3 Å². The second kappa shape index (κ2) is 5.99. The third kappa shape index (κ3) is 3.53. The van der Waals surface area contributed by atoms with Gasteiger partial charge in [-0.05, 0) is 13.0 Å². The molecule has 2 aromatic heterocycles. The average Bonchev–Trinajstić information content (AvgIpc) is 2.90. The molecule has 110 valence electrons. The Hall–Kier alpha value is -2.97. The smallest absolute Gasteiger partial charge is 0.342 e. The molecule has 0 saturated heterocycles. The molecule has 0 aliphatic carbocycles. The van der Waals surface area contributed by atoms with E-state index >= 15 is 0 Å². The standard InChI is InChI=1S/C12H13N5O4/c1-8(7-16-4-2-3-14-16)15-11-5-9(12(18)19)10(6-13-11)17(20)21/h2-6,8H,7H2,1H3,(H,13,15)(H,18,19). The lowest BCUT2D eigenvalue weighted by Gasteiger charge is -2.14. The van der Waals surface area contributed by atoms with E-state index in [4.69, 9.17) is 5.11 Å². The number of rotatable bonds is 6. The number of pyridine rings is 1. The van der Waals surface area contributed by atoms with Crippen molar-refractivity contribution in [1.82, 2.24) is 14.8 Å². The van der Waals surface area contributed by atoms with Gasteiger partial charge >= 0.3 is 11.7 Å². The van der Waals surface area contributed by atoms with Gasteiger partial charge in [0.2, 0.25) is 0 Å². The third-order valence-corrected chi connectivity index (χ3v) is 2.72. The van der Waals surface area contributed by atoms with Gasteiger partial charge in [0, 0.05) is 24.5 Å². The number of carboxylic acids is 1. The van der Waals surface area contributed by atoms with Crippen molar-refractivity contribution in [3.05, 3.63) is 46.4 Å². The third-order valence-electron chi connectivity index (χ3n) is 2.72. The summed E-state index contributed by atoms with van der Waals surface area (Å²) in [6, 6.07) is 2.86. The average molecular weight is 291 g/mol. The van der Waals surface area contributed by atoms with Crippen molar-refractivity contribution >= 4 is 17.5 Å². The van der Waals surface area contributed by atoms with Gasteiger partial charge in [-0.3, -0.25) is 14.8 Å².